The van der Waals surface area contributed by atoms with E-state index in [0.29, 0.717) is 72.3 Å². The van der Waals surface area contributed by atoms with Gasteiger partial charge in [0, 0.05) is 48.2 Å². The van der Waals surface area contributed by atoms with Gasteiger partial charge >= 0.3 is 0 Å². The summed E-state index contributed by atoms with van der Waals surface area (Å²) < 4.78 is 58.3. The smallest absolute Gasteiger partial charge is 0.240 e. The molecule has 14 heteroatoms. The molecule has 1 saturated heterocycles. The molecular formula is C36H40FN5O7S. The molecule has 0 spiro atoms. The van der Waals surface area contributed by atoms with E-state index >= 15 is 4.39 Å². The Morgan fingerprint density at radius 1 is 0.920 bits per heavy atom. The second-order valence-corrected chi connectivity index (χ2v) is 14.5. The molecule has 0 bridgehead atoms. The number of para-hydroxylation sites is 1. The second kappa shape index (κ2) is 15.0. The summed E-state index contributed by atoms with van der Waals surface area (Å²) >= 11 is 0. The van der Waals surface area contributed by atoms with Crippen LogP contribution in [0.4, 0.5) is 15.8 Å². The first-order valence-electron chi connectivity index (χ1n) is 16.4. The van der Waals surface area contributed by atoms with Crippen LogP contribution in [0.25, 0.3) is 10.9 Å². The summed E-state index contributed by atoms with van der Waals surface area (Å²) in [6.07, 6.45) is 5.36. The molecule has 2 heterocycles. The first-order valence-corrected chi connectivity index (χ1v) is 18.3. The number of nitrogens with one attached hydrogen (secondary N) is 3. The van der Waals surface area contributed by atoms with E-state index in [1.165, 1.54) is 19.2 Å². The number of fused-ring (bicyclic) bond motifs is 1. The molecule has 3 aromatic carbocycles. The number of methoxy groups -OCH3 is 1. The molecule has 0 atom stereocenters. The Balaban J connectivity index is 1.07. The molecule has 4 aromatic rings. The normalized spacial score (nSPS) is 16.1. The van der Waals surface area contributed by atoms with Crippen LogP contribution >= 0.6 is 0 Å². The summed E-state index contributed by atoms with van der Waals surface area (Å²) in [5, 5.41) is 6.06. The number of benzene rings is 3. The number of likely N-dealkylation sites (tertiary alicyclic amines) is 1. The van der Waals surface area contributed by atoms with Crippen LogP contribution in [0.2, 0.25) is 0 Å². The number of halogens is 1. The Labute approximate surface area is 290 Å². The van der Waals surface area contributed by atoms with Crippen LogP contribution in [0.5, 0.6) is 23.0 Å². The number of hydrogen-bond acceptors (Lipinski definition) is 9. The summed E-state index contributed by atoms with van der Waals surface area (Å²) in [4.78, 5) is 32.7. The standard InChI is InChI=1S/C36H40FN5O7S/c1-47-32-21-27-29(22-33(32)48-23-24-11-17-42(18-12-24)19-16-39-50(2,45)46)38-15-10-30(27)49-31-9-8-26(20-28(31)37)41-35(44)36(13-14-36)34(43)40-25-6-4-3-5-7-25/h3-10,15,20-22,24,39H,11-14,16-19,23H2,1-2H3,(H,40,43)(H,41,44). The Kier molecular flexibility index (Phi) is 10.5. The molecule has 50 heavy (non-hydrogen) atoms. The van der Waals surface area contributed by atoms with Crippen molar-refractivity contribution >= 4 is 44.1 Å². The molecule has 264 valence electrons. The number of amides is 2. The highest BCUT2D eigenvalue weighted by Crippen LogP contribution is 2.47. The lowest BCUT2D eigenvalue weighted by Crippen LogP contribution is -2.40. The predicted molar refractivity (Wildman–Crippen MR) is 188 cm³/mol. The lowest BCUT2D eigenvalue weighted by molar-refractivity contribution is -0.131. The Bertz CT molecular complexity index is 1970. The minimum atomic E-state index is -3.20. The van der Waals surface area contributed by atoms with Crippen LogP contribution in [0.3, 0.4) is 0 Å². The molecule has 2 amide bonds. The summed E-state index contributed by atoms with van der Waals surface area (Å²) in [7, 11) is -1.66. The average Bonchev–Trinajstić information content (AvgIpc) is 3.91. The number of sulfonamides is 1. The monoisotopic (exact) mass is 705 g/mol. The molecule has 2 aliphatic rings. The van der Waals surface area contributed by atoms with Gasteiger partial charge in [0.05, 0.1) is 25.5 Å². The van der Waals surface area contributed by atoms with Crippen LogP contribution < -0.4 is 29.6 Å². The molecule has 1 saturated carbocycles. The molecule has 3 N–H and O–H groups in total. The SMILES string of the molecule is COc1cc2c(Oc3ccc(NC(=O)C4(C(=O)Nc5ccccc5)CC4)cc3F)ccnc2cc1OCC1CCN(CCNS(C)(=O)=O)CC1. The number of piperidine rings is 1. The maximum atomic E-state index is 15.3. The minimum absolute atomic E-state index is 0.0591. The van der Waals surface area contributed by atoms with Gasteiger partial charge in [-0.1, -0.05) is 18.2 Å². The largest absolute Gasteiger partial charge is 0.493 e. The van der Waals surface area contributed by atoms with Gasteiger partial charge in [0.2, 0.25) is 21.8 Å². The van der Waals surface area contributed by atoms with E-state index in [1.807, 2.05) is 6.07 Å². The van der Waals surface area contributed by atoms with E-state index in [0.717, 1.165) is 38.3 Å². The molecule has 1 aliphatic carbocycles. The van der Waals surface area contributed by atoms with Gasteiger partial charge < -0.3 is 29.7 Å². The number of carbonyl (C=O) groups excluding carboxylic acids is 2. The van der Waals surface area contributed by atoms with Crippen molar-refractivity contribution in [2.75, 3.05) is 56.8 Å². The van der Waals surface area contributed by atoms with Gasteiger partial charge in [-0.25, -0.2) is 17.5 Å². The third-order valence-electron chi connectivity index (χ3n) is 9.02. The van der Waals surface area contributed by atoms with E-state index in [-0.39, 0.29) is 11.4 Å². The Hall–Kier alpha value is -4.79. The molecule has 1 aliphatic heterocycles. The van der Waals surface area contributed by atoms with Crippen LogP contribution in [0.15, 0.2) is 72.9 Å². The zero-order chi connectivity index (χ0) is 35.3. The fraction of sp³-hybridized carbons (Fsp3) is 0.361. The van der Waals surface area contributed by atoms with Gasteiger partial charge in [-0.05, 0) is 81.1 Å². The van der Waals surface area contributed by atoms with Gasteiger partial charge in [-0.2, -0.15) is 0 Å². The molecule has 12 nitrogen and oxygen atoms in total. The molecular weight excluding hydrogens is 665 g/mol. The van der Waals surface area contributed by atoms with E-state index in [4.69, 9.17) is 14.2 Å². The number of anilines is 2. The maximum absolute atomic E-state index is 15.3. The van der Waals surface area contributed by atoms with E-state index in [1.54, 1.807) is 48.7 Å². The number of pyridine rings is 1. The fourth-order valence-electron chi connectivity index (χ4n) is 5.95. The second-order valence-electron chi connectivity index (χ2n) is 12.7. The first kappa shape index (κ1) is 35.1. The Morgan fingerprint density at radius 3 is 2.30 bits per heavy atom. The van der Waals surface area contributed by atoms with E-state index < -0.39 is 33.1 Å². The van der Waals surface area contributed by atoms with Crippen molar-refractivity contribution in [1.82, 2.24) is 14.6 Å². The van der Waals surface area contributed by atoms with Crippen molar-refractivity contribution in [3.8, 4) is 23.0 Å². The van der Waals surface area contributed by atoms with Crippen molar-refractivity contribution in [3.63, 3.8) is 0 Å². The number of rotatable bonds is 14. The summed E-state index contributed by atoms with van der Waals surface area (Å²) in [6.45, 7) is 3.25. The summed E-state index contributed by atoms with van der Waals surface area (Å²) in [6, 6.07) is 18.1. The van der Waals surface area contributed by atoms with Gasteiger partial charge in [-0.3, -0.25) is 14.6 Å². The van der Waals surface area contributed by atoms with Crippen molar-refractivity contribution < 1.29 is 36.6 Å². The Morgan fingerprint density at radius 2 is 1.64 bits per heavy atom. The molecule has 0 radical (unpaired) electrons. The zero-order valence-electron chi connectivity index (χ0n) is 27.9. The third-order valence-corrected chi connectivity index (χ3v) is 9.75. The quantitative estimate of drug-likeness (QED) is 0.151. The van der Waals surface area contributed by atoms with Crippen LogP contribution in [-0.2, 0) is 19.6 Å². The molecule has 6 rings (SSSR count). The molecule has 0 unspecified atom stereocenters. The third kappa shape index (κ3) is 8.49. The van der Waals surface area contributed by atoms with Crippen molar-refractivity contribution in [1.29, 1.82) is 0 Å². The molecule has 2 fully saturated rings. The van der Waals surface area contributed by atoms with Gasteiger partial charge in [-0.15, -0.1) is 0 Å². The van der Waals surface area contributed by atoms with Crippen molar-refractivity contribution in [3.05, 3.63) is 78.7 Å². The average molecular weight is 706 g/mol. The highest BCUT2D eigenvalue weighted by molar-refractivity contribution is 7.88. The number of aromatic nitrogens is 1. The summed E-state index contributed by atoms with van der Waals surface area (Å²) in [5.74, 6) is 0.0395. The van der Waals surface area contributed by atoms with Crippen LogP contribution in [0, 0.1) is 17.2 Å². The predicted octanol–water partition coefficient (Wildman–Crippen LogP) is 5.17. The summed E-state index contributed by atoms with van der Waals surface area (Å²) in [5.41, 5.74) is 0.175. The van der Waals surface area contributed by atoms with Gasteiger partial charge in [0.1, 0.15) is 11.2 Å². The van der Waals surface area contributed by atoms with Crippen molar-refractivity contribution in [2.24, 2.45) is 11.3 Å². The van der Waals surface area contributed by atoms with E-state index in [9.17, 15) is 18.0 Å². The number of hydrogen-bond donors (Lipinski definition) is 3. The van der Waals surface area contributed by atoms with Crippen LogP contribution in [0.1, 0.15) is 25.7 Å². The van der Waals surface area contributed by atoms with Gasteiger partial charge in [0.15, 0.2) is 23.1 Å². The lowest BCUT2D eigenvalue weighted by Gasteiger charge is -2.31. The number of carbonyl (C=O) groups is 2. The first-order chi connectivity index (χ1) is 24.0. The maximum Gasteiger partial charge on any atom is 0.240 e. The van der Waals surface area contributed by atoms with E-state index in [2.05, 4.69) is 25.2 Å². The minimum Gasteiger partial charge on any atom is -0.493 e. The van der Waals surface area contributed by atoms with Crippen LogP contribution in [-0.4, -0.2) is 76.3 Å². The lowest BCUT2D eigenvalue weighted by atomic mass is 9.98. The fourth-order valence-corrected chi connectivity index (χ4v) is 6.41. The number of ether oxygens (including phenoxy) is 3. The number of nitrogens with zero attached hydrogens (tertiary/aromatic N) is 2. The van der Waals surface area contributed by atoms with Gasteiger partial charge in [0.25, 0.3) is 0 Å². The zero-order valence-corrected chi connectivity index (χ0v) is 28.7. The van der Waals surface area contributed by atoms with Crippen molar-refractivity contribution in [2.45, 2.75) is 25.7 Å². The topological polar surface area (TPSA) is 148 Å². The molecule has 1 aromatic heterocycles. The highest BCUT2D eigenvalue weighted by Gasteiger charge is 2.56. The highest BCUT2D eigenvalue weighted by atomic mass is 32.2.